The van der Waals surface area contributed by atoms with Crippen LogP contribution in [0, 0.1) is 0 Å². The maximum Gasteiger partial charge on any atom is 0.252 e. The molecular formula is C22H21N5O3S. The minimum Gasteiger partial charge on any atom is -0.348 e. The van der Waals surface area contributed by atoms with Gasteiger partial charge in [-0.2, -0.15) is 5.10 Å². The number of fused-ring (bicyclic) bond motifs is 1. The Kier molecular flexibility index (Phi) is 5.53. The maximum atomic E-state index is 13.1. The summed E-state index contributed by atoms with van der Waals surface area (Å²) in [6, 6.07) is 17.5. The predicted octanol–water partition coefficient (Wildman–Crippen LogP) is 2.70. The number of rotatable bonds is 6. The average Bonchev–Trinajstić information content (AvgIpc) is 3.20. The number of nitrogens with zero attached hydrogens (tertiary/aromatic N) is 3. The third-order valence-corrected chi connectivity index (χ3v) is 5.81. The molecule has 0 fully saturated rings. The first kappa shape index (κ1) is 20.7. The molecule has 8 nitrogen and oxygen atoms in total. The molecule has 0 aliphatic carbocycles. The molecule has 0 spiro atoms. The quantitative estimate of drug-likeness (QED) is 0.482. The Balaban J connectivity index is 1.68. The zero-order chi connectivity index (χ0) is 22.0. The number of aryl methyl sites for hydroxylation is 1. The lowest BCUT2D eigenvalue weighted by molar-refractivity contribution is 0.0952. The van der Waals surface area contributed by atoms with Crippen molar-refractivity contribution in [2.75, 3.05) is 0 Å². The first-order chi connectivity index (χ1) is 14.9. The molecule has 2 heterocycles. The zero-order valence-electron chi connectivity index (χ0n) is 16.8. The minimum atomic E-state index is -3.81. The molecule has 0 saturated carbocycles. The molecule has 4 rings (SSSR count). The Labute approximate surface area is 179 Å². The molecule has 3 N–H and O–H groups in total. The standard InChI is InChI=1S/C22H21N5O3S/c1-2-27-21-19(14-25-27)18(12-20(26-21)16-8-4-3-5-9-16)22(28)24-13-15-7-6-10-17(11-15)31(23,29)30/h3-12,14H,2,13H2,1H3,(H,24,28)(H2,23,29,30). The molecular weight excluding hydrogens is 414 g/mol. The van der Waals surface area contributed by atoms with Crippen LogP contribution in [0.15, 0.2) is 71.8 Å². The third-order valence-electron chi connectivity index (χ3n) is 4.90. The van der Waals surface area contributed by atoms with Crippen molar-refractivity contribution in [2.24, 2.45) is 5.14 Å². The molecule has 31 heavy (non-hydrogen) atoms. The molecule has 2 aromatic carbocycles. The number of carbonyl (C=O) groups excluding carboxylic acids is 1. The van der Waals surface area contributed by atoms with E-state index in [2.05, 4.69) is 10.4 Å². The molecule has 0 bridgehead atoms. The van der Waals surface area contributed by atoms with Crippen LogP contribution in [0.3, 0.4) is 0 Å². The Hall–Kier alpha value is -3.56. The maximum absolute atomic E-state index is 13.1. The van der Waals surface area contributed by atoms with Crippen LogP contribution in [0.2, 0.25) is 0 Å². The number of primary sulfonamides is 1. The van der Waals surface area contributed by atoms with Crippen LogP contribution in [0.4, 0.5) is 0 Å². The summed E-state index contributed by atoms with van der Waals surface area (Å²) in [7, 11) is -3.81. The first-order valence-corrected chi connectivity index (χ1v) is 11.2. The van der Waals surface area contributed by atoms with Crippen molar-refractivity contribution in [3.63, 3.8) is 0 Å². The van der Waals surface area contributed by atoms with Gasteiger partial charge in [0.15, 0.2) is 5.65 Å². The van der Waals surface area contributed by atoms with Gasteiger partial charge in [-0.3, -0.25) is 4.79 Å². The number of nitrogens with one attached hydrogen (secondary N) is 1. The van der Waals surface area contributed by atoms with E-state index in [-0.39, 0.29) is 17.3 Å². The highest BCUT2D eigenvalue weighted by atomic mass is 32.2. The molecule has 158 valence electrons. The molecule has 0 unspecified atom stereocenters. The normalized spacial score (nSPS) is 11.5. The van der Waals surface area contributed by atoms with E-state index >= 15 is 0 Å². The van der Waals surface area contributed by atoms with E-state index in [1.165, 1.54) is 12.1 Å². The van der Waals surface area contributed by atoms with Crippen LogP contribution < -0.4 is 10.5 Å². The van der Waals surface area contributed by atoms with E-state index in [0.717, 1.165) is 5.56 Å². The van der Waals surface area contributed by atoms with E-state index < -0.39 is 10.0 Å². The van der Waals surface area contributed by atoms with Crippen LogP contribution in [0.5, 0.6) is 0 Å². The summed E-state index contributed by atoms with van der Waals surface area (Å²) in [5, 5.41) is 13.0. The fourth-order valence-corrected chi connectivity index (χ4v) is 3.92. The lowest BCUT2D eigenvalue weighted by Gasteiger charge is -2.10. The summed E-state index contributed by atoms with van der Waals surface area (Å²) < 4.78 is 24.9. The zero-order valence-corrected chi connectivity index (χ0v) is 17.6. The van der Waals surface area contributed by atoms with Crippen LogP contribution in [-0.2, 0) is 23.1 Å². The van der Waals surface area contributed by atoms with Crippen molar-refractivity contribution in [3.05, 3.63) is 78.0 Å². The summed E-state index contributed by atoms with van der Waals surface area (Å²) in [5.41, 5.74) is 3.27. The van der Waals surface area contributed by atoms with Gasteiger partial charge in [0.1, 0.15) is 0 Å². The lowest BCUT2D eigenvalue weighted by Crippen LogP contribution is -2.23. The number of pyridine rings is 1. The highest BCUT2D eigenvalue weighted by Gasteiger charge is 2.17. The van der Waals surface area contributed by atoms with Gasteiger partial charge < -0.3 is 5.32 Å². The van der Waals surface area contributed by atoms with Crippen molar-refractivity contribution in [1.82, 2.24) is 20.1 Å². The number of hydrogen-bond donors (Lipinski definition) is 2. The number of hydrogen-bond acceptors (Lipinski definition) is 5. The summed E-state index contributed by atoms with van der Waals surface area (Å²) in [6.07, 6.45) is 1.64. The predicted molar refractivity (Wildman–Crippen MR) is 118 cm³/mol. The van der Waals surface area contributed by atoms with E-state index in [1.54, 1.807) is 29.1 Å². The molecule has 0 aliphatic rings. The van der Waals surface area contributed by atoms with Crippen molar-refractivity contribution >= 4 is 27.0 Å². The Morgan fingerprint density at radius 2 is 1.87 bits per heavy atom. The third kappa shape index (κ3) is 4.32. The highest BCUT2D eigenvalue weighted by Crippen LogP contribution is 2.25. The van der Waals surface area contributed by atoms with Gasteiger partial charge in [-0.25, -0.2) is 23.2 Å². The summed E-state index contributed by atoms with van der Waals surface area (Å²) in [4.78, 5) is 17.8. The first-order valence-electron chi connectivity index (χ1n) is 9.68. The van der Waals surface area contributed by atoms with Crippen LogP contribution in [0.25, 0.3) is 22.3 Å². The topological polar surface area (TPSA) is 120 Å². The molecule has 0 saturated heterocycles. The number of nitrogens with two attached hydrogens (primary N) is 1. The Morgan fingerprint density at radius 3 is 2.58 bits per heavy atom. The number of sulfonamides is 1. The fraction of sp³-hybridized carbons (Fsp3) is 0.136. The van der Waals surface area contributed by atoms with Gasteiger partial charge >= 0.3 is 0 Å². The van der Waals surface area contributed by atoms with Gasteiger partial charge in [-0.15, -0.1) is 0 Å². The molecule has 0 aliphatic heterocycles. The SMILES string of the molecule is CCn1ncc2c(C(=O)NCc3cccc(S(N)(=O)=O)c3)cc(-c3ccccc3)nc21. The second-order valence-corrected chi connectivity index (χ2v) is 8.56. The van der Waals surface area contributed by atoms with E-state index in [9.17, 15) is 13.2 Å². The lowest BCUT2D eigenvalue weighted by atomic mass is 10.1. The summed E-state index contributed by atoms with van der Waals surface area (Å²) in [5.74, 6) is -0.304. The minimum absolute atomic E-state index is 0.00105. The van der Waals surface area contributed by atoms with Gasteiger partial charge in [0.2, 0.25) is 10.0 Å². The Morgan fingerprint density at radius 1 is 1.10 bits per heavy atom. The molecule has 0 atom stereocenters. The highest BCUT2D eigenvalue weighted by molar-refractivity contribution is 7.89. The van der Waals surface area contributed by atoms with E-state index in [0.29, 0.717) is 34.4 Å². The average molecular weight is 436 g/mol. The second-order valence-electron chi connectivity index (χ2n) is 6.99. The van der Waals surface area contributed by atoms with Gasteiger partial charge in [-0.1, -0.05) is 42.5 Å². The molecule has 9 heteroatoms. The van der Waals surface area contributed by atoms with Crippen molar-refractivity contribution in [3.8, 4) is 11.3 Å². The van der Waals surface area contributed by atoms with Crippen LogP contribution in [-0.4, -0.2) is 29.1 Å². The number of carbonyl (C=O) groups is 1. The van der Waals surface area contributed by atoms with Crippen molar-refractivity contribution < 1.29 is 13.2 Å². The van der Waals surface area contributed by atoms with Crippen molar-refractivity contribution in [1.29, 1.82) is 0 Å². The van der Waals surface area contributed by atoms with Gasteiger partial charge in [-0.05, 0) is 30.7 Å². The summed E-state index contributed by atoms with van der Waals surface area (Å²) in [6.45, 7) is 2.73. The molecule has 4 aromatic rings. The molecule has 0 radical (unpaired) electrons. The molecule has 1 amide bonds. The van der Waals surface area contributed by atoms with Gasteiger partial charge in [0.05, 0.1) is 27.7 Å². The number of benzene rings is 2. The van der Waals surface area contributed by atoms with Crippen molar-refractivity contribution in [2.45, 2.75) is 24.9 Å². The van der Waals surface area contributed by atoms with E-state index in [4.69, 9.17) is 10.1 Å². The van der Waals surface area contributed by atoms with E-state index in [1.807, 2.05) is 37.3 Å². The largest absolute Gasteiger partial charge is 0.348 e. The van der Waals surface area contributed by atoms with Crippen LogP contribution >= 0.6 is 0 Å². The monoisotopic (exact) mass is 435 g/mol. The Bertz CT molecular complexity index is 1360. The number of aromatic nitrogens is 3. The molecule has 2 aromatic heterocycles. The summed E-state index contributed by atoms with van der Waals surface area (Å²) >= 11 is 0. The fourth-order valence-electron chi connectivity index (χ4n) is 3.33. The van der Waals surface area contributed by atoms with Crippen LogP contribution in [0.1, 0.15) is 22.8 Å². The van der Waals surface area contributed by atoms with Gasteiger partial charge in [0, 0.05) is 18.7 Å². The smallest absolute Gasteiger partial charge is 0.252 e. The second kappa shape index (κ2) is 8.29. The van der Waals surface area contributed by atoms with Gasteiger partial charge in [0.25, 0.3) is 5.91 Å². The number of amides is 1.